The number of sulfonamides is 1. The van der Waals surface area contributed by atoms with Crippen LogP contribution in [0.5, 0.6) is 0 Å². The highest BCUT2D eigenvalue weighted by atomic mass is 32.2. The van der Waals surface area contributed by atoms with Gasteiger partial charge < -0.3 is 15.0 Å². The van der Waals surface area contributed by atoms with E-state index in [0.717, 1.165) is 5.56 Å². The third-order valence-corrected chi connectivity index (χ3v) is 7.83. The predicted molar refractivity (Wildman–Crippen MR) is 127 cm³/mol. The van der Waals surface area contributed by atoms with Gasteiger partial charge in [-0.25, -0.2) is 8.42 Å². The number of carbonyl (C=O) groups excluding carboxylic acids is 1. The molecule has 0 saturated carbocycles. The minimum Gasteiger partial charge on any atom is -0.379 e. The van der Waals surface area contributed by atoms with Gasteiger partial charge in [-0.05, 0) is 41.5 Å². The second kappa shape index (κ2) is 9.56. The molecule has 0 unspecified atom stereocenters. The van der Waals surface area contributed by atoms with Gasteiger partial charge >= 0.3 is 0 Å². The first kappa shape index (κ1) is 23.3. The average molecular weight is 489 g/mol. The number of aromatic amines is 1. The number of fused-ring (bicyclic) bond motifs is 1. The van der Waals surface area contributed by atoms with Crippen molar-refractivity contribution < 1.29 is 17.9 Å². The maximum atomic E-state index is 12.8. The Morgan fingerprint density at radius 3 is 2.58 bits per heavy atom. The second-order valence-electron chi connectivity index (χ2n) is 7.77. The van der Waals surface area contributed by atoms with E-state index in [1.54, 1.807) is 49.5 Å². The number of hydrogen-bond donors (Lipinski definition) is 2. The lowest BCUT2D eigenvalue weighted by Crippen LogP contribution is -2.41. The van der Waals surface area contributed by atoms with Crippen LogP contribution in [0.15, 0.2) is 47.3 Å². The number of rotatable bonds is 6. The topological polar surface area (TPSA) is 114 Å². The minimum atomic E-state index is -3.49. The van der Waals surface area contributed by atoms with Crippen molar-refractivity contribution in [3.05, 3.63) is 74.3 Å². The van der Waals surface area contributed by atoms with Crippen LogP contribution in [0.2, 0.25) is 0 Å². The van der Waals surface area contributed by atoms with E-state index in [9.17, 15) is 18.0 Å². The van der Waals surface area contributed by atoms with Gasteiger partial charge in [-0.1, -0.05) is 24.3 Å². The number of ether oxygens (including phenoxy) is 1. The van der Waals surface area contributed by atoms with Crippen LogP contribution in [0.4, 0.5) is 0 Å². The number of benzene rings is 2. The number of hydrogen-bond acceptors (Lipinski definition) is 6. The number of amides is 1. The lowest BCUT2D eigenvalue weighted by molar-refractivity contribution is 0.0729. The number of nitrogens with zero attached hydrogens (tertiary/aromatic N) is 2. The summed E-state index contributed by atoms with van der Waals surface area (Å²) in [5, 5.41) is 3.27. The van der Waals surface area contributed by atoms with Crippen LogP contribution in [0.25, 0.3) is 10.9 Å². The lowest BCUT2D eigenvalue weighted by atomic mass is 10.1. The van der Waals surface area contributed by atoms with Crippen LogP contribution in [0.3, 0.4) is 0 Å². The van der Waals surface area contributed by atoms with E-state index < -0.39 is 10.0 Å². The number of nitrogens with one attached hydrogen (secondary N) is 2. The van der Waals surface area contributed by atoms with Crippen molar-refractivity contribution >= 4 is 39.1 Å². The molecule has 0 radical (unpaired) electrons. The van der Waals surface area contributed by atoms with Crippen LogP contribution in [0.1, 0.15) is 21.5 Å². The fourth-order valence-corrected chi connectivity index (χ4v) is 5.46. The molecule has 0 aliphatic carbocycles. The molecule has 33 heavy (non-hydrogen) atoms. The molecule has 2 aromatic carbocycles. The van der Waals surface area contributed by atoms with Crippen molar-refractivity contribution in [1.29, 1.82) is 0 Å². The molecule has 0 atom stereocenters. The zero-order valence-corrected chi connectivity index (χ0v) is 19.7. The molecule has 1 aliphatic heterocycles. The van der Waals surface area contributed by atoms with Gasteiger partial charge in [0.15, 0.2) is 4.77 Å². The van der Waals surface area contributed by atoms with Crippen molar-refractivity contribution in [2.45, 2.75) is 12.3 Å². The third-order valence-electron chi connectivity index (χ3n) is 5.62. The van der Waals surface area contributed by atoms with Crippen LogP contribution < -0.4 is 10.9 Å². The maximum absolute atomic E-state index is 12.8. The van der Waals surface area contributed by atoms with Crippen LogP contribution >= 0.6 is 12.2 Å². The van der Waals surface area contributed by atoms with Gasteiger partial charge in [0.2, 0.25) is 10.0 Å². The van der Waals surface area contributed by atoms with Crippen molar-refractivity contribution in [3.63, 3.8) is 0 Å². The Labute approximate surface area is 196 Å². The zero-order valence-electron chi connectivity index (χ0n) is 18.0. The molecule has 2 N–H and O–H groups in total. The number of morpholine rings is 1. The largest absolute Gasteiger partial charge is 0.379 e. The Bertz CT molecular complexity index is 1420. The SMILES string of the molecule is Cn1c(=S)[nH]c2cc(C(=O)NCc3ccccc3CS(=O)(=O)N3CCOCC3)ccc2c1=O. The molecule has 0 bridgehead atoms. The highest BCUT2D eigenvalue weighted by Crippen LogP contribution is 2.17. The predicted octanol–water partition coefficient (Wildman–Crippen LogP) is 1.69. The molecule has 0 spiro atoms. The van der Waals surface area contributed by atoms with Gasteiger partial charge in [-0.3, -0.25) is 14.2 Å². The van der Waals surface area contributed by atoms with Crippen LogP contribution in [-0.4, -0.2) is 54.5 Å². The number of H-pyrrole nitrogens is 1. The molecule has 11 heteroatoms. The smallest absolute Gasteiger partial charge is 0.261 e. The Kier molecular flexibility index (Phi) is 6.75. The fraction of sp³-hybridized carbons (Fsp3) is 0.318. The Morgan fingerprint density at radius 1 is 1.15 bits per heavy atom. The normalized spacial score (nSPS) is 14.9. The number of aromatic nitrogens is 2. The quantitative estimate of drug-likeness (QED) is 0.511. The van der Waals surface area contributed by atoms with Crippen LogP contribution in [0, 0.1) is 4.77 Å². The summed E-state index contributed by atoms with van der Waals surface area (Å²) < 4.78 is 33.9. The van der Waals surface area contributed by atoms with Crippen molar-refractivity contribution in [3.8, 4) is 0 Å². The summed E-state index contributed by atoms with van der Waals surface area (Å²) in [5.74, 6) is -0.489. The third kappa shape index (κ3) is 5.06. The summed E-state index contributed by atoms with van der Waals surface area (Å²) in [7, 11) is -1.91. The molecule has 1 aromatic heterocycles. The summed E-state index contributed by atoms with van der Waals surface area (Å²) in [5.41, 5.74) is 1.95. The summed E-state index contributed by atoms with van der Waals surface area (Å²) >= 11 is 5.14. The molecule has 1 aliphatic rings. The molecule has 4 rings (SSSR count). The minimum absolute atomic E-state index is 0.144. The fourth-order valence-electron chi connectivity index (χ4n) is 3.71. The van der Waals surface area contributed by atoms with Crippen molar-refractivity contribution in [2.24, 2.45) is 7.05 Å². The summed E-state index contributed by atoms with van der Waals surface area (Å²) in [6.07, 6.45) is 0. The van der Waals surface area contributed by atoms with E-state index in [0.29, 0.717) is 48.3 Å². The first-order valence-corrected chi connectivity index (χ1v) is 12.4. The Balaban J connectivity index is 1.50. The van der Waals surface area contributed by atoms with Gasteiger partial charge in [-0.2, -0.15) is 4.31 Å². The molecule has 9 nitrogen and oxygen atoms in total. The zero-order chi connectivity index (χ0) is 23.6. The first-order valence-electron chi connectivity index (χ1n) is 10.4. The van der Waals surface area contributed by atoms with Crippen molar-refractivity contribution in [2.75, 3.05) is 26.3 Å². The van der Waals surface area contributed by atoms with Crippen molar-refractivity contribution in [1.82, 2.24) is 19.2 Å². The molecular weight excluding hydrogens is 464 g/mol. The van der Waals surface area contributed by atoms with E-state index in [2.05, 4.69) is 10.3 Å². The van der Waals surface area contributed by atoms with Gasteiger partial charge in [0, 0.05) is 32.2 Å². The summed E-state index contributed by atoms with van der Waals surface area (Å²) in [4.78, 5) is 28.0. The van der Waals surface area contributed by atoms with Gasteiger partial charge in [0.1, 0.15) is 0 Å². The standard InChI is InChI=1S/C22H24N4O5S2/c1-25-21(28)18-7-6-15(12-19(18)24-22(25)32)20(27)23-13-16-4-2-3-5-17(16)14-33(29,30)26-8-10-31-11-9-26/h2-7,12H,8-11,13-14H2,1H3,(H,23,27)(H,24,32). The van der Waals surface area contributed by atoms with E-state index in [-0.39, 0.29) is 28.5 Å². The van der Waals surface area contributed by atoms with Gasteiger partial charge in [-0.15, -0.1) is 0 Å². The average Bonchev–Trinajstić information content (AvgIpc) is 2.82. The summed E-state index contributed by atoms with van der Waals surface area (Å²) in [6.45, 7) is 1.63. The first-order chi connectivity index (χ1) is 15.8. The molecule has 1 amide bonds. The molecule has 2 heterocycles. The number of carbonyl (C=O) groups is 1. The monoisotopic (exact) mass is 488 g/mol. The molecule has 174 valence electrons. The van der Waals surface area contributed by atoms with Crippen LogP contribution in [-0.2, 0) is 34.1 Å². The Hall–Kier alpha value is -2.86. The highest BCUT2D eigenvalue weighted by molar-refractivity contribution is 7.88. The van der Waals surface area contributed by atoms with E-state index in [1.165, 1.54) is 8.87 Å². The Morgan fingerprint density at radius 2 is 1.85 bits per heavy atom. The lowest BCUT2D eigenvalue weighted by Gasteiger charge is -2.26. The molecule has 1 saturated heterocycles. The summed E-state index contributed by atoms with van der Waals surface area (Å²) in [6, 6.07) is 11.9. The van der Waals surface area contributed by atoms with Gasteiger partial charge in [0.05, 0.1) is 29.9 Å². The van der Waals surface area contributed by atoms with E-state index in [4.69, 9.17) is 17.0 Å². The maximum Gasteiger partial charge on any atom is 0.261 e. The second-order valence-corrected chi connectivity index (χ2v) is 10.1. The molecule has 1 fully saturated rings. The highest BCUT2D eigenvalue weighted by Gasteiger charge is 2.25. The van der Waals surface area contributed by atoms with Gasteiger partial charge in [0.25, 0.3) is 11.5 Å². The molecule has 3 aromatic rings. The van der Waals surface area contributed by atoms with E-state index >= 15 is 0 Å². The van der Waals surface area contributed by atoms with E-state index in [1.807, 2.05) is 0 Å². The molecular formula is C22H24N4O5S2.